The van der Waals surface area contributed by atoms with Crippen molar-refractivity contribution >= 4 is 23.2 Å². The summed E-state index contributed by atoms with van der Waals surface area (Å²) in [5.41, 5.74) is 5.08. The summed E-state index contributed by atoms with van der Waals surface area (Å²) in [6.07, 6.45) is 0.600. The van der Waals surface area contributed by atoms with E-state index in [0.29, 0.717) is 6.42 Å². The number of hydrogen-bond donors (Lipinski definition) is 2. The number of benzene rings is 2. The fourth-order valence-corrected chi connectivity index (χ4v) is 3.24. The summed E-state index contributed by atoms with van der Waals surface area (Å²) in [5, 5.41) is 5.88. The Morgan fingerprint density at radius 1 is 0.889 bits per heavy atom. The summed E-state index contributed by atoms with van der Waals surface area (Å²) in [5.74, 6) is -0.665. The number of aryl methyl sites for hydroxylation is 2. The van der Waals surface area contributed by atoms with Gasteiger partial charge in [-0.05, 0) is 55.0 Å². The van der Waals surface area contributed by atoms with E-state index in [4.69, 9.17) is 0 Å². The molecule has 0 heterocycles. The molecule has 1 saturated carbocycles. The van der Waals surface area contributed by atoms with Crippen LogP contribution in [0.2, 0.25) is 0 Å². The van der Waals surface area contributed by atoms with E-state index in [1.165, 1.54) is 5.56 Å². The summed E-state index contributed by atoms with van der Waals surface area (Å²) < 4.78 is 0. The minimum absolute atomic E-state index is 0.0785. The van der Waals surface area contributed by atoms with E-state index >= 15 is 0 Å². The molecule has 27 heavy (non-hydrogen) atoms. The second-order valence-electron chi connectivity index (χ2n) is 8.57. The standard InChI is InChI=1S/C23H28N2O2/c1-14-6-11-20(15(2)12-14)25-22(27)19-13-18(19)21(26)24-17-9-7-16(8-10-17)23(3,4)5/h6-12,18-19H,13H2,1-5H3,(H,24,26)(H,25,27). The van der Waals surface area contributed by atoms with Crippen LogP contribution >= 0.6 is 0 Å². The molecule has 2 unspecified atom stereocenters. The molecule has 0 bridgehead atoms. The predicted molar refractivity (Wildman–Crippen MR) is 110 cm³/mol. The van der Waals surface area contributed by atoms with Gasteiger partial charge in [-0.1, -0.05) is 50.6 Å². The predicted octanol–water partition coefficient (Wildman–Crippen LogP) is 4.81. The topological polar surface area (TPSA) is 58.2 Å². The van der Waals surface area contributed by atoms with Crippen LogP contribution in [-0.2, 0) is 15.0 Å². The molecule has 0 saturated heterocycles. The maximum absolute atomic E-state index is 12.4. The molecule has 0 radical (unpaired) electrons. The van der Waals surface area contributed by atoms with Gasteiger partial charge in [-0.3, -0.25) is 9.59 Å². The molecule has 2 aromatic rings. The van der Waals surface area contributed by atoms with Crippen LogP contribution in [0, 0.1) is 25.7 Å². The van der Waals surface area contributed by atoms with Gasteiger partial charge in [0.05, 0.1) is 11.8 Å². The normalized spacial score (nSPS) is 18.7. The van der Waals surface area contributed by atoms with E-state index in [1.54, 1.807) is 0 Å². The molecule has 3 rings (SSSR count). The number of carbonyl (C=O) groups excluding carboxylic acids is 2. The second kappa shape index (κ2) is 7.18. The van der Waals surface area contributed by atoms with Crippen LogP contribution in [-0.4, -0.2) is 11.8 Å². The average Bonchev–Trinajstić information content (AvgIpc) is 3.38. The molecule has 0 spiro atoms. The molecular weight excluding hydrogens is 336 g/mol. The first-order valence-electron chi connectivity index (χ1n) is 9.44. The van der Waals surface area contributed by atoms with Crippen LogP contribution < -0.4 is 10.6 Å². The van der Waals surface area contributed by atoms with Gasteiger partial charge in [0, 0.05) is 11.4 Å². The van der Waals surface area contributed by atoms with Crippen molar-refractivity contribution in [2.24, 2.45) is 11.8 Å². The van der Waals surface area contributed by atoms with Crippen molar-refractivity contribution in [2.75, 3.05) is 10.6 Å². The zero-order valence-electron chi connectivity index (χ0n) is 16.7. The van der Waals surface area contributed by atoms with Crippen LogP contribution in [0.25, 0.3) is 0 Å². The number of hydrogen-bond acceptors (Lipinski definition) is 2. The first-order valence-corrected chi connectivity index (χ1v) is 9.44. The average molecular weight is 364 g/mol. The van der Waals surface area contributed by atoms with Gasteiger partial charge < -0.3 is 10.6 Å². The van der Waals surface area contributed by atoms with Crippen molar-refractivity contribution in [1.82, 2.24) is 0 Å². The lowest BCUT2D eigenvalue weighted by Crippen LogP contribution is -2.21. The van der Waals surface area contributed by atoms with E-state index in [1.807, 2.05) is 56.3 Å². The fourth-order valence-electron chi connectivity index (χ4n) is 3.24. The minimum Gasteiger partial charge on any atom is -0.326 e. The Morgan fingerprint density at radius 3 is 2.04 bits per heavy atom. The van der Waals surface area contributed by atoms with E-state index < -0.39 is 0 Å². The molecule has 4 nitrogen and oxygen atoms in total. The molecule has 1 aliphatic rings. The molecule has 1 aliphatic carbocycles. The molecular formula is C23H28N2O2. The number of rotatable bonds is 4. The Bertz CT molecular complexity index is 863. The largest absolute Gasteiger partial charge is 0.326 e. The zero-order valence-corrected chi connectivity index (χ0v) is 16.7. The summed E-state index contributed by atoms with van der Waals surface area (Å²) >= 11 is 0. The molecule has 0 aromatic heterocycles. The Kier molecular flexibility index (Phi) is 5.09. The molecule has 2 N–H and O–H groups in total. The summed E-state index contributed by atoms with van der Waals surface area (Å²) in [7, 11) is 0. The van der Waals surface area contributed by atoms with Crippen molar-refractivity contribution in [3.63, 3.8) is 0 Å². The first-order chi connectivity index (χ1) is 12.6. The van der Waals surface area contributed by atoms with Crippen molar-refractivity contribution in [1.29, 1.82) is 0 Å². The highest BCUT2D eigenvalue weighted by Crippen LogP contribution is 2.40. The third kappa shape index (κ3) is 4.57. The van der Waals surface area contributed by atoms with E-state index in [9.17, 15) is 9.59 Å². The molecule has 2 aromatic carbocycles. The maximum atomic E-state index is 12.4. The van der Waals surface area contributed by atoms with E-state index in [2.05, 4.69) is 31.4 Å². The first kappa shape index (κ1) is 19.2. The number of amides is 2. The van der Waals surface area contributed by atoms with Gasteiger partial charge in [-0.15, -0.1) is 0 Å². The van der Waals surface area contributed by atoms with Gasteiger partial charge >= 0.3 is 0 Å². The Hall–Kier alpha value is -2.62. The Morgan fingerprint density at radius 2 is 1.48 bits per heavy atom. The lowest BCUT2D eigenvalue weighted by Gasteiger charge is -2.19. The lowest BCUT2D eigenvalue weighted by atomic mass is 9.87. The van der Waals surface area contributed by atoms with E-state index in [0.717, 1.165) is 22.5 Å². The smallest absolute Gasteiger partial charge is 0.228 e. The number of anilines is 2. The molecule has 2 atom stereocenters. The third-order valence-electron chi connectivity index (χ3n) is 5.12. The summed E-state index contributed by atoms with van der Waals surface area (Å²) in [6, 6.07) is 13.8. The van der Waals surface area contributed by atoms with E-state index in [-0.39, 0.29) is 29.1 Å². The van der Waals surface area contributed by atoms with Crippen LogP contribution in [0.4, 0.5) is 11.4 Å². The molecule has 4 heteroatoms. The Balaban J connectivity index is 1.56. The Labute approximate surface area is 161 Å². The van der Waals surface area contributed by atoms with Crippen molar-refractivity contribution < 1.29 is 9.59 Å². The maximum Gasteiger partial charge on any atom is 0.228 e. The highest BCUT2D eigenvalue weighted by Gasteiger charge is 2.48. The zero-order chi connectivity index (χ0) is 19.8. The fraction of sp³-hybridized carbons (Fsp3) is 0.391. The van der Waals surface area contributed by atoms with Gasteiger partial charge in [-0.2, -0.15) is 0 Å². The van der Waals surface area contributed by atoms with Gasteiger partial charge in [0.2, 0.25) is 11.8 Å². The van der Waals surface area contributed by atoms with Crippen molar-refractivity contribution in [3.05, 3.63) is 59.2 Å². The summed E-state index contributed by atoms with van der Waals surface area (Å²) in [4.78, 5) is 24.9. The molecule has 1 fully saturated rings. The molecule has 2 amide bonds. The number of nitrogens with one attached hydrogen (secondary N) is 2. The minimum atomic E-state index is -0.252. The van der Waals surface area contributed by atoms with Gasteiger partial charge in [-0.25, -0.2) is 0 Å². The highest BCUT2D eigenvalue weighted by molar-refractivity contribution is 6.03. The van der Waals surface area contributed by atoms with Crippen LogP contribution in [0.5, 0.6) is 0 Å². The quantitative estimate of drug-likeness (QED) is 0.817. The number of carbonyl (C=O) groups is 2. The lowest BCUT2D eigenvalue weighted by molar-refractivity contribution is -0.122. The van der Waals surface area contributed by atoms with Crippen LogP contribution in [0.3, 0.4) is 0 Å². The molecule has 0 aliphatic heterocycles. The van der Waals surface area contributed by atoms with Crippen molar-refractivity contribution in [2.45, 2.75) is 46.5 Å². The third-order valence-corrected chi connectivity index (χ3v) is 5.12. The second-order valence-corrected chi connectivity index (χ2v) is 8.57. The van der Waals surface area contributed by atoms with Gasteiger partial charge in [0.15, 0.2) is 0 Å². The van der Waals surface area contributed by atoms with Crippen molar-refractivity contribution in [3.8, 4) is 0 Å². The SMILES string of the molecule is Cc1ccc(NC(=O)C2CC2C(=O)Nc2ccc(C(C)(C)C)cc2)c(C)c1. The van der Waals surface area contributed by atoms with Crippen LogP contribution in [0.1, 0.15) is 43.9 Å². The summed E-state index contributed by atoms with van der Waals surface area (Å²) in [6.45, 7) is 10.5. The van der Waals surface area contributed by atoms with Gasteiger partial charge in [0.25, 0.3) is 0 Å². The molecule has 142 valence electrons. The van der Waals surface area contributed by atoms with Crippen LogP contribution in [0.15, 0.2) is 42.5 Å². The monoisotopic (exact) mass is 364 g/mol. The highest BCUT2D eigenvalue weighted by atomic mass is 16.2. The van der Waals surface area contributed by atoms with Gasteiger partial charge in [0.1, 0.15) is 0 Å².